The Bertz CT molecular complexity index is 646. The van der Waals surface area contributed by atoms with E-state index < -0.39 is 0 Å². The molecule has 1 N–H and O–H groups in total. The maximum Gasteiger partial charge on any atom is 0.231 e. The van der Waals surface area contributed by atoms with Crippen LogP contribution in [-0.2, 0) is 0 Å². The molecule has 0 fully saturated rings. The maximum atomic E-state index is 5.45. The Hall–Kier alpha value is -1.04. The van der Waals surface area contributed by atoms with E-state index in [1.807, 2.05) is 31.3 Å². The minimum atomic E-state index is 0.0800. The molecule has 0 amide bonds. The summed E-state index contributed by atoms with van der Waals surface area (Å²) in [5, 5.41) is 3.35. The topological polar surface area (TPSA) is 30.5 Å². The van der Waals surface area contributed by atoms with Crippen molar-refractivity contribution >= 4 is 31.9 Å². The molecular weight excluding hydrogens is 386 g/mol. The van der Waals surface area contributed by atoms with E-state index in [2.05, 4.69) is 49.3 Å². The number of nitrogens with one attached hydrogen (secondary N) is 1. The molecule has 5 heteroatoms. The van der Waals surface area contributed by atoms with Crippen molar-refractivity contribution in [2.75, 3.05) is 13.8 Å². The predicted molar refractivity (Wildman–Crippen MR) is 85.3 cm³/mol. The first-order valence-corrected chi connectivity index (χ1v) is 7.79. The van der Waals surface area contributed by atoms with Crippen molar-refractivity contribution in [2.45, 2.75) is 6.04 Å². The summed E-state index contributed by atoms with van der Waals surface area (Å²) in [6.07, 6.45) is 0. The fraction of sp³-hybridized carbons (Fsp3) is 0.200. The number of halogens is 2. The molecule has 0 radical (unpaired) electrons. The van der Waals surface area contributed by atoms with E-state index in [0.717, 1.165) is 26.0 Å². The Labute approximate surface area is 134 Å². The number of ether oxygens (including phenoxy) is 2. The highest BCUT2D eigenvalue weighted by Gasteiger charge is 2.20. The van der Waals surface area contributed by atoms with Crippen LogP contribution in [0.25, 0.3) is 0 Å². The van der Waals surface area contributed by atoms with Gasteiger partial charge in [-0.15, -0.1) is 0 Å². The molecule has 3 rings (SSSR count). The number of fused-ring (bicyclic) bond motifs is 1. The van der Waals surface area contributed by atoms with Crippen LogP contribution in [0.3, 0.4) is 0 Å². The van der Waals surface area contributed by atoms with E-state index in [1.165, 1.54) is 5.56 Å². The molecule has 0 spiro atoms. The van der Waals surface area contributed by atoms with Gasteiger partial charge in [-0.1, -0.05) is 37.9 Å². The fourth-order valence-corrected chi connectivity index (χ4v) is 3.18. The monoisotopic (exact) mass is 397 g/mol. The van der Waals surface area contributed by atoms with Crippen LogP contribution in [0.1, 0.15) is 17.2 Å². The summed E-state index contributed by atoms with van der Waals surface area (Å²) in [5.74, 6) is 1.60. The van der Waals surface area contributed by atoms with Gasteiger partial charge < -0.3 is 14.8 Å². The number of rotatable bonds is 3. The lowest BCUT2D eigenvalue weighted by Gasteiger charge is -2.19. The average Bonchev–Trinajstić information content (AvgIpc) is 2.91. The first-order chi connectivity index (χ1) is 9.69. The predicted octanol–water partition coefficient (Wildman–Crippen LogP) is 4.25. The van der Waals surface area contributed by atoms with E-state index in [0.29, 0.717) is 6.79 Å². The molecule has 0 saturated carbocycles. The van der Waals surface area contributed by atoms with Crippen molar-refractivity contribution in [1.82, 2.24) is 5.32 Å². The van der Waals surface area contributed by atoms with Crippen LogP contribution in [0, 0.1) is 0 Å². The van der Waals surface area contributed by atoms with Crippen LogP contribution in [-0.4, -0.2) is 13.8 Å². The molecule has 1 heterocycles. The molecule has 2 aromatic rings. The Morgan fingerprint density at radius 3 is 2.65 bits per heavy atom. The van der Waals surface area contributed by atoms with Crippen molar-refractivity contribution in [3.05, 3.63) is 56.5 Å². The lowest BCUT2D eigenvalue weighted by molar-refractivity contribution is 0.174. The minimum Gasteiger partial charge on any atom is -0.454 e. The molecule has 1 unspecified atom stereocenters. The quantitative estimate of drug-likeness (QED) is 0.838. The molecule has 1 atom stereocenters. The maximum absolute atomic E-state index is 5.45. The zero-order chi connectivity index (χ0) is 14.1. The molecule has 1 aliphatic rings. The van der Waals surface area contributed by atoms with Gasteiger partial charge in [-0.2, -0.15) is 0 Å². The molecule has 0 bridgehead atoms. The van der Waals surface area contributed by atoms with Gasteiger partial charge >= 0.3 is 0 Å². The Morgan fingerprint density at radius 2 is 1.85 bits per heavy atom. The number of hydrogen-bond donors (Lipinski definition) is 1. The third-order valence-electron chi connectivity index (χ3n) is 3.29. The molecule has 1 aliphatic heterocycles. The zero-order valence-corrected chi connectivity index (χ0v) is 14.0. The van der Waals surface area contributed by atoms with Crippen LogP contribution in [0.15, 0.2) is 45.3 Å². The summed E-state index contributed by atoms with van der Waals surface area (Å²) in [7, 11) is 1.95. The van der Waals surface area contributed by atoms with E-state index in [4.69, 9.17) is 9.47 Å². The van der Waals surface area contributed by atoms with Gasteiger partial charge in [0.2, 0.25) is 6.79 Å². The largest absolute Gasteiger partial charge is 0.454 e. The third-order valence-corrected chi connectivity index (χ3v) is 4.50. The van der Waals surface area contributed by atoms with E-state index in [9.17, 15) is 0 Å². The highest BCUT2D eigenvalue weighted by atomic mass is 79.9. The van der Waals surface area contributed by atoms with Crippen molar-refractivity contribution < 1.29 is 9.47 Å². The molecule has 0 saturated heterocycles. The molecular formula is C15H13Br2NO2. The first-order valence-electron chi connectivity index (χ1n) is 6.21. The van der Waals surface area contributed by atoms with Gasteiger partial charge in [0.25, 0.3) is 0 Å². The third kappa shape index (κ3) is 2.57. The van der Waals surface area contributed by atoms with Gasteiger partial charge in [0.15, 0.2) is 11.5 Å². The summed E-state index contributed by atoms with van der Waals surface area (Å²) in [5.41, 5.74) is 2.30. The van der Waals surface area contributed by atoms with Gasteiger partial charge in [-0.25, -0.2) is 0 Å². The Morgan fingerprint density at radius 1 is 1.05 bits per heavy atom. The molecule has 0 aliphatic carbocycles. The van der Waals surface area contributed by atoms with Gasteiger partial charge in [0.1, 0.15) is 0 Å². The summed E-state index contributed by atoms with van der Waals surface area (Å²) >= 11 is 7.14. The second kappa shape index (κ2) is 5.76. The summed E-state index contributed by atoms with van der Waals surface area (Å²) in [6, 6.07) is 12.3. The zero-order valence-electron chi connectivity index (χ0n) is 10.8. The molecule has 3 nitrogen and oxygen atoms in total. The summed E-state index contributed by atoms with van der Waals surface area (Å²) < 4.78 is 12.9. The average molecular weight is 399 g/mol. The summed E-state index contributed by atoms with van der Waals surface area (Å²) in [6.45, 7) is 0.295. The first kappa shape index (κ1) is 13.9. The van der Waals surface area contributed by atoms with Gasteiger partial charge in [0.05, 0.1) is 6.04 Å². The van der Waals surface area contributed by atoms with Crippen molar-refractivity contribution in [3.8, 4) is 11.5 Å². The van der Waals surface area contributed by atoms with E-state index in [-0.39, 0.29) is 6.04 Å². The Balaban J connectivity index is 2.03. The molecule has 0 aromatic heterocycles. The smallest absolute Gasteiger partial charge is 0.231 e. The van der Waals surface area contributed by atoms with Gasteiger partial charge in [0, 0.05) is 8.95 Å². The van der Waals surface area contributed by atoms with Crippen molar-refractivity contribution in [2.24, 2.45) is 0 Å². The van der Waals surface area contributed by atoms with Crippen LogP contribution in [0.4, 0.5) is 0 Å². The summed E-state index contributed by atoms with van der Waals surface area (Å²) in [4.78, 5) is 0. The lowest BCUT2D eigenvalue weighted by Crippen LogP contribution is -2.18. The molecule has 2 aromatic carbocycles. The van der Waals surface area contributed by atoms with Crippen LogP contribution in [0.2, 0.25) is 0 Å². The molecule has 20 heavy (non-hydrogen) atoms. The number of benzene rings is 2. The molecule has 104 valence electrons. The van der Waals surface area contributed by atoms with Crippen LogP contribution >= 0.6 is 31.9 Å². The van der Waals surface area contributed by atoms with Crippen molar-refractivity contribution in [3.63, 3.8) is 0 Å². The van der Waals surface area contributed by atoms with E-state index in [1.54, 1.807) is 0 Å². The minimum absolute atomic E-state index is 0.0800. The van der Waals surface area contributed by atoms with Crippen LogP contribution in [0.5, 0.6) is 11.5 Å². The standard InChI is InChI=1S/C15H13Br2NO2/c1-18-15(11-7-10(16)3-4-12(11)17)9-2-5-13-14(6-9)20-8-19-13/h2-7,15,18H,8H2,1H3. The Kier molecular flexibility index (Phi) is 4.01. The fourth-order valence-electron chi connectivity index (χ4n) is 2.33. The normalized spacial score (nSPS) is 14.3. The van der Waals surface area contributed by atoms with Crippen molar-refractivity contribution in [1.29, 1.82) is 0 Å². The van der Waals surface area contributed by atoms with Gasteiger partial charge in [-0.3, -0.25) is 0 Å². The second-order valence-electron chi connectivity index (χ2n) is 4.50. The lowest BCUT2D eigenvalue weighted by atomic mass is 9.98. The second-order valence-corrected chi connectivity index (χ2v) is 6.27. The van der Waals surface area contributed by atoms with Crippen LogP contribution < -0.4 is 14.8 Å². The number of hydrogen-bond acceptors (Lipinski definition) is 3. The highest BCUT2D eigenvalue weighted by Crippen LogP contribution is 2.37. The highest BCUT2D eigenvalue weighted by molar-refractivity contribution is 9.11. The SMILES string of the molecule is CNC(c1ccc2c(c1)OCO2)c1cc(Br)ccc1Br. The van der Waals surface area contributed by atoms with Gasteiger partial charge in [-0.05, 0) is 48.5 Å². The van der Waals surface area contributed by atoms with E-state index >= 15 is 0 Å².